The highest BCUT2D eigenvalue weighted by molar-refractivity contribution is 6.30. The van der Waals surface area contributed by atoms with Crippen molar-refractivity contribution in [2.75, 3.05) is 17.2 Å². The predicted octanol–water partition coefficient (Wildman–Crippen LogP) is 6.52. The largest absolute Gasteiger partial charge is 0.490 e. The van der Waals surface area contributed by atoms with Crippen LogP contribution in [0.1, 0.15) is 31.9 Å². The van der Waals surface area contributed by atoms with Crippen LogP contribution < -0.4 is 20.1 Å². The van der Waals surface area contributed by atoms with Crippen molar-refractivity contribution in [1.29, 1.82) is 0 Å². The van der Waals surface area contributed by atoms with E-state index in [4.69, 9.17) is 21.1 Å². The van der Waals surface area contributed by atoms with Crippen LogP contribution in [0.3, 0.4) is 0 Å². The molecule has 168 valence electrons. The zero-order valence-electron chi connectivity index (χ0n) is 18.7. The molecule has 0 radical (unpaired) electrons. The fourth-order valence-corrected chi connectivity index (χ4v) is 3.21. The van der Waals surface area contributed by atoms with Gasteiger partial charge in [0, 0.05) is 28.9 Å². The standard InChI is InChI=1S/C26H29ClN2O3/c1-4-31-25-15-19(8-13-24(25)32-17-20-6-5-7-21(27)14-20)16-28-22-9-11-23(12-10-22)29-26(30)18(2)3/h5-15,18,28H,4,16-17H2,1-3H3,(H,29,30). The summed E-state index contributed by atoms with van der Waals surface area (Å²) in [7, 11) is 0. The lowest BCUT2D eigenvalue weighted by Gasteiger charge is -2.14. The summed E-state index contributed by atoms with van der Waals surface area (Å²) in [6.45, 7) is 7.29. The Hall–Kier alpha value is -3.18. The maximum absolute atomic E-state index is 11.8. The molecule has 2 N–H and O–H groups in total. The van der Waals surface area contributed by atoms with Crippen LogP contribution in [0.25, 0.3) is 0 Å². The van der Waals surface area contributed by atoms with Gasteiger partial charge in [-0.2, -0.15) is 0 Å². The monoisotopic (exact) mass is 452 g/mol. The van der Waals surface area contributed by atoms with Gasteiger partial charge in [0.25, 0.3) is 0 Å². The molecule has 1 amide bonds. The third kappa shape index (κ3) is 6.92. The van der Waals surface area contributed by atoms with Gasteiger partial charge in [0.05, 0.1) is 6.61 Å². The molecule has 0 aliphatic rings. The number of carbonyl (C=O) groups is 1. The van der Waals surface area contributed by atoms with E-state index in [1.165, 1.54) is 0 Å². The predicted molar refractivity (Wildman–Crippen MR) is 131 cm³/mol. The lowest BCUT2D eigenvalue weighted by Crippen LogP contribution is -2.17. The van der Waals surface area contributed by atoms with Crippen molar-refractivity contribution in [1.82, 2.24) is 0 Å². The summed E-state index contributed by atoms with van der Waals surface area (Å²) in [6.07, 6.45) is 0. The van der Waals surface area contributed by atoms with Gasteiger partial charge < -0.3 is 20.1 Å². The molecular formula is C26H29ClN2O3. The Bertz CT molecular complexity index is 1040. The van der Waals surface area contributed by atoms with E-state index in [0.717, 1.165) is 22.5 Å². The van der Waals surface area contributed by atoms with Crippen LogP contribution in [0.2, 0.25) is 5.02 Å². The molecule has 0 heterocycles. The van der Waals surface area contributed by atoms with Gasteiger partial charge in [0.15, 0.2) is 11.5 Å². The number of amides is 1. The van der Waals surface area contributed by atoms with Gasteiger partial charge >= 0.3 is 0 Å². The summed E-state index contributed by atoms with van der Waals surface area (Å²) in [4.78, 5) is 11.8. The number of halogens is 1. The highest BCUT2D eigenvalue weighted by Gasteiger charge is 2.09. The third-order valence-corrected chi connectivity index (χ3v) is 5.00. The van der Waals surface area contributed by atoms with Crippen LogP contribution in [-0.2, 0) is 17.9 Å². The van der Waals surface area contributed by atoms with Gasteiger partial charge in [0.1, 0.15) is 6.61 Å². The molecule has 3 rings (SSSR count). The van der Waals surface area contributed by atoms with Gasteiger partial charge in [-0.15, -0.1) is 0 Å². The van der Waals surface area contributed by atoms with Crippen molar-refractivity contribution >= 4 is 28.9 Å². The first-order valence-electron chi connectivity index (χ1n) is 10.7. The molecule has 0 aliphatic carbocycles. The van der Waals surface area contributed by atoms with E-state index in [1.807, 2.05) is 87.5 Å². The number of anilines is 2. The van der Waals surface area contributed by atoms with Crippen LogP contribution in [-0.4, -0.2) is 12.5 Å². The summed E-state index contributed by atoms with van der Waals surface area (Å²) >= 11 is 6.05. The Kier molecular flexibility index (Phi) is 8.40. The van der Waals surface area contributed by atoms with Crippen molar-refractivity contribution in [3.05, 3.63) is 82.9 Å². The van der Waals surface area contributed by atoms with E-state index < -0.39 is 0 Å². The van der Waals surface area contributed by atoms with Crippen LogP contribution in [0.5, 0.6) is 11.5 Å². The molecule has 0 aromatic heterocycles. The van der Waals surface area contributed by atoms with E-state index in [2.05, 4.69) is 10.6 Å². The quantitative estimate of drug-likeness (QED) is 0.367. The number of rotatable bonds is 10. The summed E-state index contributed by atoms with van der Waals surface area (Å²) < 4.78 is 11.8. The molecule has 5 nitrogen and oxygen atoms in total. The maximum Gasteiger partial charge on any atom is 0.226 e. The minimum Gasteiger partial charge on any atom is -0.490 e. The highest BCUT2D eigenvalue weighted by atomic mass is 35.5. The molecule has 32 heavy (non-hydrogen) atoms. The van der Waals surface area contributed by atoms with Crippen LogP contribution in [0.15, 0.2) is 66.7 Å². The SMILES string of the molecule is CCOc1cc(CNc2ccc(NC(=O)C(C)C)cc2)ccc1OCc1cccc(Cl)c1. The van der Waals surface area contributed by atoms with Crippen molar-refractivity contribution in [2.24, 2.45) is 5.92 Å². The molecule has 0 fully saturated rings. The van der Waals surface area contributed by atoms with E-state index in [0.29, 0.717) is 36.3 Å². The molecular weight excluding hydrogens is 424 g/mol. The summed E-state index contributed by atoms with van der Waals surface area (Å²) in [5.74, 6) is 1.36. The smallest absolute Gasteiger partial charge is 0.226 e. The molecule has 0 saturated carbocycles. The van der Waals surface area contributed by atoms with Gasteiger partial charge in [-0.1, -0.05) is 43.6 Å². The van der Waals surface area contributed by atoms with Crippen molar-refractivity contribution in [3.8, 4) is 11.5 Å². The first kappa shape index (κ1) is 23.5. The third-order valence-electron chi connectivity index (χ3n) is 4.76. The van der Waals surface area contributed by atoms with Crippen molar-refractivity contribution in [3.63, 3.8) is 0 Å². The average molecular weight is 453 g/mol. The Morgan fingerprint density at radius 3 is 2.34 bits per heavy atom. The van der Waals surface area contributed by atoms with E-state index >= 15 is 0 Å². The molecule has 3 aromatic rings. The first-order chi connectivity index (χ1) is 15.4. The molecule has 0 unspecified atom stereocenters. The topological polar surface area (TPSA) is 59.6 Å². The number of hydrogen-bond donors (Lipinski definition) is 2. The zero-order chi connectivity index (χ0) is 22.9. The Labute approximate surface area is 194 Å². The Balaban J connectivity index is 1.60. The minimum absolute atomic E-state index is 0.00633. The Morgan fingerprint density at radius 2 is 1.66 bits per heavy atom. The maximum atomic E-state index is 11.8. The van der Waals surface area contributed by atoms with Gasteiger partial charge in [-0.05, 0) is 66.6 Å². The second kappa shape index (κ2) is 11.4. The molecule has 0 saturated heterocycles. The lowest BCUT2D eigenvalue weighted by atomic mass is 10.2. The summed E-state index contributed by atoms with van der Waals surface area (Å²) in [6, 6.07) is 21.2. The number of carbonyl (C=O) groups excluding carboxylic acids is 1. The fourth-order valence-electron chi connectivity index (χ4n) is 3.00. The van der Waals surface area contributed by atoms with E-state index in [-0.39, 0.29) is 11.8 Å². The fraction of sp³-hybridized carbons (Fsp3) is 0.269. The minimum atomic E-state index is -0.0511. The van der Waals surface area contributed by atoms with Gasteiger partial charge in [0.2, 0.25) is 5.91 Å². The van der Waals surface area contributed by atoms with Crippen LogP contribution in [0.4, 0.5) is 11.4 Å². The van der Waals surface area contributed by atoms with Crippen LogP contribution in [0, 0.1) is 5.92 Å². The van der Waals surface area contributed by atoms with Crippen LogP contribution >= 0.6 is 11.6 Å². The van der Waals surface area contributed by atoms with E-state index in [1.54, 1.807) is 0 Å². The Morgan fingerprint density at radius 1 is 0.906 bits per heavy atom. The lowest BCUT2D eigenvalue weighted by molar-refractivity contribution is -0.118. The number of nitrogens with one attached hydrogen (secondary N) is 2. The van der Waals surface area contributed by atoms with Gasteiger partial charge in [-0.3, -0.25) is 4.79 Å². The summed E-state index contributed by atoms with van der Waals surface area (Å²) in [5.41, 5.74) is 3.82. The molecule has 0 atom stereocenters. The first-order valence-corrected chi connectivity index (χ1v) is 11.1. The highest BCUT2D eigenvalue weighted by Crippen LogP contribution is 2.30. The number of benzene rings is 3. The normalized spacial score (nSPS) is 10.7. The van der Waals surface area contributed by atoms with Gasteiger partial charge in [-0.25, -0.2) is 0 Å². The summed E-state index contributed by atoms with van der Waals surface area (Å²) in [5, 5.41) is 6.97. The number of hydrogen-bond acceptors (Lipinski definition) is 4. The molecule has 6 heteroatoms. The molecule has 0 spiro atoms. The van der Waals surface area contributed by atoms with Crippen molar-refractivity contribution < 1.29 is 14.3 Å². The second-order valence-corrected chi connectivity index (χ2v) is 8.14. The number of ether oxygens (including phenoxy) is 2. The molecule has 0 bridgehead atoms. The second-order valence-electron chi connectivity index (χ2n) is 7.71. The molecule has 3 aromatic carbocycles. The average Bonchev–Trinajstić information content (AvgIpc) is 2.78. The van der Waals surface area contributed by atoms with E-state index in [9.17, 15) is 4.79 Å². The molecule has 0 aliphatic heterocycles. The van der Waals surface area contributed by atoms with Crippen molar-refractivity contribution in [2.45, 2.75) is 33.9 Å². The zero-order valence-corrected chi connectivity index (χ0v) is 19.4.